The zero-order valence-corrected chi connectivity index (χ0v) is 9.35. The van der Waals surface area contributed by atoms with Crippen LogP contribution in [0.5, 0.6) is 0 Å². The number of rotatable bonds is 2. The van der Waals surface area contributed by atoms with Gasteiger partial charge in [-0.25, -0.2) is 4.98 Å². The molecule has 0 aliphatic rings. The fourth-order valence-electron chi connectivity index (χ4n) is 1.73. The van der Waals surface area contributed by atoms with Crippen LogP contribution in [0.2, 0.25) is 0 Å². The van der Waals surface area contributed by atoms with Gasteiger partial charge in [-0.15, -0.1) is 0 Å². The summed E-state index contributed by atoms with van der Waals surface area (Å²) < 4.78 is 42.9. The molecule has 0 amide bonds. The Balaban J connectivity index is 2.56. The molecule has 1 heterocycles. The molecule has 92 valence electrons. The molecule has 0 unspecified atom stereocenters. The lowest BCUT2D eigenvalue weighted by Gasteiger charge is -2.09. The number of nitrogens with zero attached hydrogens (tertiary/aromatic N) is 1. The standard InChI is InChI=1S/C11H11F3N2O/c1-6-3-8-9(4-7(6)11(12,13)14)16-10(15-8)5-17-2/h3-4H,5H2,1-2H3,(H,15,16). The predicted molar refractivity (Wildman–Crippen MR) is 56.5 cm³/mol. The smallest absolute Gasteiger partial charge is 0.377 e. The quantitative estimate of drug-likeness (QED) is 0.881. The highest BCUT2D eigenvalue weighted by molar-refractivity contribution is 5.77. The Kier molecular flexibility index (Phi) is 2.82. The summed E-state index contributed by atoms with van der Waals surface area (Å²) in [6, 6.07) is 2.50. The minimum absolute atomic E-state index is 0.178. The third-order valence-corrected chi connectivity index (χ3v) is 2.46. The molecule has 0 fully saturated rings. The van der Waals surface area contributed by atoms with Crippen molar-refractivity contribution in [3.63, 3.8) is 0 Å². The van der Waals surface area contributed by atoms with E-state index < -0.39 is 11.7 Å². The lowest BCUT2D eigenvalue weighted by atomic mass is 10.1. The van der Waals surface area contributed by atoms with Gasteiger partial charge in [-0.3, -0.25) is 0 Å². The minimum Gasteiger partial charge on any atom is -0.377 e. The maximum Gasteiger partial charge on any atom is 0.416 e. The van der Waals surface area contributed by atoms with Crippen LogP contribution in [0.4, 0.5) is 13.2 Å². The molecule has 0 spiro atoms. The van der Waals surface area contributed by atoms with Crippen LogP contribution in [0.15, 0.2) is 12.1 Å². The molecule has 0 bridgehead atoms. The maximum absolute atomic E-state index is 12.7. The summed E-state index contributed by atoms with van der Waals surface area (Å²) in [6.45, 7) is 1.67. The van der Waals surface area contributed by atoms with Gasteiger partial charge in [0.2, 0.25) is 0 Å². The van der Waals surface area contributed by atoms with Crippen molar-refractivity contribution in [1.29, 1.82) is 0 Å². The van der Waals surface area contributed by atoms with E-state index in [2.05, 4.69) is 9.97 Å². The van der Waals surface area contributed by atoms with Gasteiger partial charge in [0.15, 0.2) is 0 Å². The first-order chi connectivity index (χ1) is 7.91. The van der Waals surface area contributed by atoms with Gasteiger partial charge in [0, 0.05) is 7.11 Å². The number of aryl methyl sites for hydroxylation is 1. The van der Waals surface area contributed by atoms with Gasteiger partial charge in [-0.05, 0) is 24.6 Å². The van der Waals surface area contributed by atoms with E-state index in [1.807, 2.05) is 0 Å². The number of imidazole rings is 1. The monoisotopic (exact) mass is 244 g/mol. The summed E-state index contributed by atoms with van der Waals surface area (Å²) in [5, 5.41) is 0. The summed E-state index contributed by atoms with van der Waals surface area (Å²) in [5.41, 5.74) is 0.413. The average molecular weight is 244 g/mol. The molecule has 17 heavy (non-hydrogen) atoms. The lowest BCUT2D eigenvalue weighted by Crippen LogP contribution is -2.07. The second kappa shape index (κ2) is 4.03. The molecular formula is C11H11F3N2O. The van der Waals surface area contributed by atoms with Crippen molar-refractivity contribution in [3.8, 4) is 0 Å². The van der Waals surface area contributed by atoms with Crippen LogP contribution in [-0.2, 0) is 17.5 Å². The number of H-pyrrole nitrogens is 1. The van der Waals surface area contributed by atoms with Crippen LogP contribution in [0, 0.1) is 6.92 Å². The fraction of sp³-hybridized carbons (Fsp3) is 0.364. The third-order valence-electron chi connectivity index (χ3n) is 2.46. The van der Waals surface area contributed by atoms with E-state index in [0.29, 0.717) is 16.9 Å². The van der Waals surface area contributed by atoms with E-state index >= 15 is 0 Å². The largest absolute Gasteiger partial charge is 0.416 e. The van der Waals surface area contributed by atoms with E-state index in [0.717, 1.165) is 6.07 Å². The van der Waals surface area contributed by atoms with Gasteiger partial charge in [0.1, 0.15) is 12.4 Å². The summed E-state index contributed by atoms with van der Waals surface area (Å²) in [4.78, 5) is 6.95. The van der Waals surface area contributed by atoms with Gasteiger partial charge >= 0.3 is 6.18 Å². The van der Waals surface area contributed by atoms with Crippen molar-refractivity contribution in [2.24, 2.45) is 0 Å². The zero-order chi connectivity index (χ0) is 12.6. The second-order valence-corrected chi connectivity index (χ2v) is 3.80. The van der Waals surface area contributed by atoms with Gasteiger partial charge in [0.05, 0.1) is 16.6 Å². The predicted octanol–water partition coefficient (Wildman–Crippen LogP) is 3.04. The van der Waals surface area contributed by atoms with Gasteiger partial charge in [-0.2, -0.15) is 13.2 Å². The van der Waals surface area contributed by atoms with Gasteiger partial charge < -0.3 is 9.72 Å². The molecule has 1 aromatic carbocycles. The third kappa shape index (κ3) is 2.26. The Bertz CT molecular complexity index is 545. The highest BCUT2D eigenvalue weighted by Crippen LogP contribution is 2.33. The molecule has 0 atom stereocenters. The molecule has 0 radical (unpaired) electrons. The second-order valence-electron chi connectivity index (χ2n) is 3.80. The molecule has 1 aromatic heterocycles. The first-order valence-corrected chi connectivity index (χ1v) is 4.97. The van der Waals surface area contributed by atoms with Gasteiger partial charge in [0.25, 0.3) is 0 Å². The molecule has 2 aromatic rings. The summed E-state index contributed by atoms with van der Waals surface area (Å²) in [7, 11) is 1.50. The minimum atomic E-state index is -4.35. The molecule has 3 nitrogen and oxygen atoms in total. The summed E-state index contributed by atoms with van der Waals surface area (Å²) in [5.74, 6) is 0.515. The maximum atomic E-state index is 12.7. The SMILES string of the molecule is COCc1nc2cc(C(F)(F)F)c(C)cc2[nH]1. The number of benzene rings is 1. The molecule has 6 heteroatoms. The normalized spacial score (nSPS) is 12.3. The Morgan fingerprint density at radius 3 is 2.65 bits per heavy atom. The Morgan fingerprint density at radius 1 is 1.35 bits per heavy atom. The fourth-order valence-corrected chi connectivity index (χ4v) is 1.73. The number of hydrogen-bond donors (Lipinski definition) is 1. The molecule has 2 rings (SSSR count). The van der Waals surface area contributed by atoms with Crippen LogP contribution >= 0.6 is 0 Å². The molecule has 1 N–H and O–H groups in total. The van der Waals surface area contributed by atoms with Crippen molar-refractivity contribution in [1.82, 2.24) is 9.97 Å². The lowest BCUT2D eigenvalue weighted by molar-refractivity contribution is -0.137. The Morgan fingerprint density at radius 2 is 2.06 bits per heavy atom. The number of alkyl halides is 3. The molecule has 0 aliphatic heterocycles. The molecule has 0 aliphatic carbocycles. The van der Waals surface area contributed by atoms with E-state index in [-0.39, 0.29) is 12.2 Å². The van der Waals surface area contributed by atoms with Crippen LogP contribution in [-0.4, -0.2) is 17.1 Å². The van der Waals surface area contributed by atoms with Crippen LogP contribution in [0.3, 0.4) is 0 Å². The first-order valence-electron chi connectivity index (χ1n) is 4.97. The van der Waals surface area contributed by atoms with Crippen molar-refractivity contribution >= 4 is 11.0 Å². The van der Waals surface area contributed by atoms with Crippen molar-refractivity contribution in [2.45, 2.75) is 19.7 Å². The van der Waals surface area contributed by atoms with Crippen LogP contribution < -0.4 is 0 Å². The number of aromatic amines is 1. The van der Waals surface area contributed by atoms with Crippen LogP contribution in [0.1, 0.15) is 17.0 Å². The topological polar surface area (TPSA) is 37.9 Å². The Labute approximate surface area is 95.6 Å². The number of methoxy groups -OCH3 is 1. The number of halogens is 3. The number of ether oxygens (including phenoxy) is 1. The van der Waals surface area contributed by atoms with Crippen molar-refractivity contribution in [3.05, 3.63) is 29.1 Å². The van der Waals surface area contributed by atoms with E-state index in [1.165, 1.54) is 20.1 Å². The number of nitrogens with one attached hydrogen (secondary N) is 1. The highest BCUT2D eigenvalue weighted by atomic mass is 19.4. The van der Waals surface area contributed by atoms with E-state index in [1.54, 1.807) is 0 Å². The van der Waals surface area contributed by atoms with Crippen molar-refractivity contribution < 1.29 is 17.9 Å². The van der Waals surface area contributed by atoms with E-state index in [9.17, 15) is 13.2 Å². The highest BCUT2D eigenvalue weighted by Gasteiger charge is 2.32. The number of fused-ring (bicyclic) bond motifs is 1. The van der Waals surface area contributed by atoms with E-state index in [4.69, 9.17) is 4.74 Å². The van der Waals surface area contributed by atoms with Crippen LogP contribution in [0.25, 0.3) is 11.0 Å². The summed E-state index contributed by atoms with van der Waals surface area (Å²) in [6.07, 6.45) is -4.35. The zero-order valence-electron chi connectivity index (χ0n) is 9.35. The average Bonchev–Trinajstić information content (AvgIpc) is 2.57. The number of hydrogen-bond acceptors (Lipinski definition) is 2. The molecular weight excluding hydrogens is 233 g/mol. The molecule has 0 saturated heterocycles. The molecule has 0 saturated carbocycles. The Hall–Kier alpha value is -1.56. The number of aromatic nitrogens is 2. The first kappa shape index (κ1) is 11.9. The summed E-state index contributed by atoms with van der Waals surface area (Å²) >= 11 is 0. The van der Waals surface area contributed by atoms with Gasteiger partial charge in [-0.1, -0.05) is 0 Å². The van der Waals surface area contributed by atoms with Crippen molar-refractivity contribution in [2.75, 3.05) is 7.11 Å².